The van der Waals surface area contributed by atoms with Crippen LogP contribution in [0.4, 0.5) is 5.69 Å². The highest BCUT2D eigenvalue weighted by atomic mass is 79.9. The molecular formula is C19H20BrClN2O2. The lowest BCUT2D eigenvalue weighted by atomic mass is 10.1. The molecule has 0 aliphatic heterocycles. The van der Waals surface area contributed by atoms with Gasteiger partial charge in [-0.25, -0.2) is 0 Å². The van der Waals surface area contributed by atoms with E-state index in [-0.39, 0.29) is 18.4 Å². The lowest BCUT2D eigenvalue weighted by molar-refractivity contribution is -0.133. The van der Waals surface area contributed by atoms with Gasteiger partial charge in [0.15, 0.2) is 0 Å². The Hall–Kier alpha value is -1.85. The zero-order valence-electron chi connectivity index (χ0n) is 14.2. The standard InChI is InChI=1S/C19H20BrClN2O2/c1-13-11-15(20)6-9-17(13)22-18(24)12-23(2)19(25)10-5-14-3-7-16(21)8-4-14/h3-4,6-9,11H,5,10,12H2,1-2H3,(H,22,24). The van der Waals surface area contributed by atoms with Crippen LogP contribution in [0, 0.1) is 6.92 Å². The zero-order chi connectivity index (χ0) is 18.4. The number of carbonyl (C=O) groups excluding carboxylic acids is 2. The largest absolute Gasteiger partial charge is 0.336 e. The Morgan fingerprint density at radius 1 is 1.16 bits per heavy atom. The maximum atomic E-state index is 12.2. The minimum atomic E-state index is -0.215. The first-order chi connectivity index (χ1) is 11.8. The summed E-state index contributed by atoms with van der Waals surface area (Å²) in [5, 5.41) is 3.51. The number of nitrogens with zero attached hydrogens (tertiary/aromatic N) is 1. The Kier molecular flexibility index (Phi) is 7.02. The van der Waals surface area contributed by atoms with Crippen LogP contribution in [0.5, 0.6) is 0 Å². The molecule has 0 bridgehead atoms. The highest BCUT2D eigenvalue weighted by Crippen LogP contribution is 2.20. The van der Waals surface area contributed by atoms with Gasteiger partial charge >= 0.3 is 0 Å². The van der Waals surface area contributed by atoms with Crippen molar-refractivity contribution < 1.29 is 9.59 Å². The molecule has 6 heteroatoms. The van der Waals surface area contributed by atoms with E-state index in [0.717, 1.165) is 21.3 Å². The van der Waals surface area contributed by atoms with Gasteiger partial charge in [0.05, 0.1) is 6.54 Å². The molecule has 132 valence electrons. The number of benzene rings is 2. The molecule has 2 aromatic carbocycles. The molecule has 2 amide bonds. The average molecular weight is 424 g/mol. The van der Waals surface area contributed by atoms with E-state index in [1.54, 1.807) is 19.2 Å². The van der Waals surface area contributed by atoms with Gasteiger partial charge in [0.25, 0.3) is 0 Å². The molecule has 0 saturated carbocycles. The fourth-order valence-electron chi connectivity index (χ4n) is 2.35. The van der Waals surface area contributed by atoms with Crippen LogP contribution >= 0.6 is 27.5 Å². The molecule has 0 aromatic heterocycles. The summed E-state index contributed by atoms with van der Waals surface area (Å²) in [4.78, 5) is 25.8. The third-order valence-corrected chi connectivity index (χ3v) is 4.56. The smallest absolute Gasteiger partial charge is 0.243 e. The molecule has 2 rings (SSSR count). The lowest BCUT2D eigenvalue weighted by Crippen LogP contribution is -2.35. The van der Waals surface area contributed by atoms with Crippen molar-refractivity contribution in [2.75, 3.05) is 18.9 Å². The molecule has 0 unspecified atom stereocenters. The summed E-state index contributed by atoms with van der Waals surface area (Å²) in [7, 11) is 1.64. The summed E-state index contributed by atoms with van der Waals surface area (Å²) < 4.78 is 0.956. The fraction of sp³-hybridized carbons (Fsp3) is 0.263. The Morgan fingerprint density at radius 2 is 1.84 bits per heavy atom. The van der Waals surface area contributed by atoms with Gasteiger partial charge in [-0.15, -0.1) is 0 Å². The molecule has 25 heavy (non-hydrogen) atoms. The van der Waals surface area contributed by atoms with E-state index < -0.39 is 0 Å². The molecule has 0 radical (unpaired) electrons. The number of hydrogen-bond donors (Lipinski definition) is 1. The second kappa shape index (κ2) is 9.02. The Morgan fingerprint density at radius 3 is 2.48 bits per heavy atom. The van der Waals surface area contributed by atoms with Crippen LogP contribution in [0.3, 0.4) is 0 Å². The van der Waals surface area contributed by atoms with Crippen LogP contribution in [0.15, 0.2) is 46.9 Å². The van der Waals surface area contributed by atoms with Gasteiger partial charge in [0.2, 0.25) is 11.8 Å². The second-order valence-electron chi connectivity index (χ2n) is 5.88. The third-order valence-electron chi connectivity index (χ3n) is 3.81. The summed E-state index contributed by atoms with van der Waals surface area (Å²) in [6.07, 6.45) is 0.969. The van der Waals surface area contributed by atoms with Gasteiger partial charge in [-0.3, -0.25) is 9.59 Å². The van der Waals surface area contributed by atoms with Crippen molar-refractivity contribution in [1.29, 1.82) is 0 Å². The van der Waals surface area contributed by atoms with Gasteiger partial charge in [-0.1, -0.05) is 39.7 Å². The summed E-state index contributed by atoms with van der Waals surface area (Å²) >= 11 is 9.24. The minimum absolute atomic E-state index is 0.0228. The molecule has 0 aliphatic rings. The zero-order valence-corrected chi connectivity index (χ0v) is 16.5. The molecule has 0 atom stereocenters. The van der Waals surface area contributed by atoms with Gasteiger partial charge in [0, 0.05) is 28.7 Å². The number of nitrogens with one attached hydrogen (secondary N) is 1. The molecule has 0 heterocycles. The van der Waals surface area contributed by atoms with Crippen molar-refractivity contribution in [3.63, 3.8) is 0 Å². The highest BCUT2D eigenvalue weighted by molar-refractivity contribution is 9.10. The van der Waals surface area contributed by atoms with Crippen molar-refractivity contribution in [2.45, 2.75) is 19.8 Å². The Labute approximate surface area is 161 Å². The summed E-state index contributed by atoms with van der Waals surface area (Å²) in [5.74, 6) is -0.287. The average Bonchev–Trinajstić information content (AvgIpc) is 2.56. The lowest BCUT2D eigenvalue weighted by Gasteiger charge is -2.17. The monoisotopic (exact) mass is 422 g/mol. The van der Waals surface area contributed by atoms with E-state index in [2.05, 4.69) is 21.2 Å². The van der Waals surface area contributed by atoms with Crippen LogP contribution in [0.25, 0.3) is 0 Å². The molecule has 0 spiro atoms. The molecule has 1 N–H and O–H groups in total. The first-order valence-electron chi connectivity index (χ1n) is 7.89. The number of aryl methyl sites for hydroxylation is 2. The van der Waals surface area contributed by atoms with Crippen LogP contribution in [-0.4, -0.2) is 30.3 Å². The number of likely N-dealkylation sites (N-methyl/N-ethyl adjacent to an activating group) is 1. The van der Waals surface area contributed by atoms with Crippen LogP contribution in [0.1, 0.15) is 17.5 Å². The van der Waals surface area contributed by atoms with E-state index in [4.69, 9.17) is 11.6 Å². The van der Waals surface area contributed by atoms with Crippen molar-refractivity contribution in [1.82, 2.24) is 4.90 Å². The normalized spacial score (nSPS) is 10.4. The van der Waals surface area contributed by atoms with Gasteiger partial charge in [0.1, 0.15) is 0 Å². The van der Waals surface area contributed by atoms with E-state index in [1.807, 2.05) is 37.3 Å². The Bertz CT molecular complexity index is 763. The number of hydrogen-bond acceptors (Lipinski definition) is 2. The van der Waals surface area contributed by atoms with E-state index in [1.165, 1.54) is 4.90 Å². The first kappa shape index (κ1) is 19.5. The number of rotatable bonds is 6. The van der Waals surface area contributed by atoms with Crippen LogP contribution in [-0.2, 0) is 16.0 Å². The quantitative estimate of drug-likeness (QED) is 0.746. The predicted octanol–water partition coefficient (Wildman–Crippen LogP) is 4.44. The minimum Gasteiger partial charge on any atom is -0.336 e. The van der Waals surface area contributed by atoms with E-state index in [0.29, 0.717) is 17.9 Å². The van der Waals surface area contributed by atoms with Crippen LogP contribution < -0.4 is 5.32 Å². The third kappa shape index (κ3) is 6.18. The number of anilines is 1. The number of carbonyl (C=O) groups is 2. The van der Waals surface area contributed by atoms with Crippen molar-refractivity contribution in [3.8, 4) is 0 Å². The summed E-state index contributed by atoms with van der Waals surface area (Å²) in [5.41, 5.74) is 2.75. The topological polar surface area (TPSA) is 49.4 Å². The Balaban J connectivity index is 1.83. The van der Waals surface area contributed by atoms with Crippen LogP contribution in [0.2, 0.25) is 5.02 Å². The maximum Gasteiger partial charge on any atom is 0.243 e. The predicted molar refractivity (Wildman–Crippen MR) is 105 cm³/mol. The van der Waals surface area contributed by atoms with Crippen molar-refractivity contribution >= 4 is 45.0 Å². The summed E-state index contributed by atoms with van der Waals surface area (Å²) in [6.45, 7) is 1.94. The molecule has 4 nitrogen and oxygen atoms in total. The first-order valence-corrected chi connectivity index (χ1v) is 9.06. The highest BCUT2D eigenvalue weighted by Gasteiger charge is 2.14. The molecular weight excluding hydrogens is 404 g/mol. The molecule has 0 saturated heterocycles. The van der Waals surface area contributed by atoms with E-state index >= 15 is 0 Å². The van der Waals surface area contributed by atoms with Gasteiger partial charge < -0.3 is 10.2 Å². The van der Waals surface area contributed by atoms with Gasteiger partial charge in [-0.05, 0) is 54.8 Å². The summed E-state index contributed by atoms with van der Waals surface area (Å²) in [6, 6.07) is 13.0. The second-order valence-corrected chi connectivity index (χ2v) is 7.24. The maximum absolute atomic E-state index is 12.2. The van der Waals surface area contributed by atoms with Crippen molar-refractivity contribution in [3.05, 3.63) is 63.1 Å². The fourth-order valence-corrected chi connectivity index (χ4v) is 2.96. The van der Waals surface area contributed by atoms with Crippen molar-refractivity contribution in [2.24, 2.45) is 0 Å². The number of amides is 2. The molecule has 0 aliphatic carbocycles. The van der Waals surface area contributed by atoms with E-state index in [9.17, 15) is 9.59 Å². The molecule has 2 aromatic rings. The van der Waals surface area contributed by atoms with Gasteiger partial charge in [-0.2, -0.15) is 0 Å². The molecule has 0 fully saturated rings. The number of halogens is 2. The SMILES string of the molecule is Cc1cc(Br)ccc1NC(=O)CN(C)C(=O)CCc1ccc(Cl)cc1.